The van der Waals surface area contributed by atoms with Crippen molar-refractivity contribution < 1.29 is 9.59 Å². The molecule has 3 N–H and O–H groups in total. The number of nitrogens with one attached hydrogen (secondary N) is 1. The fourth-order valence-electron chi connectivity index (χ4n) is 1.10. The summed E-state index contributed by atoms with van der Waals surface area (Å²) in [6, 6.07) is 4.64. The maximum absolute atomic E-state index is 11.3. The number of carbonyl (C=O) groups is 2. The molecule has 0 aromatic heterocycles. The average molecular weight is 227 g/mol. The van der Waals surface area contributed by atoms with E-state index in [9.17, 15) is 9.59 Å². The Balaban J connectivity index is 3.05. The highest BCUT2D eigenvalue weighted by molar-refractivity contribution is 6.33. The third kappa shape index (κ3) is 3.04. The van der Waals surface area contributed by atoms with Gasteiger partial charge in [0.1, 0.15) is 0 Å². The minimum atomic E-state index is -0.241. The normalized spacial score (nSPS) is 9.80. The summed E-state index contributed by atoms with van der Waals surface area (Å²) < 4.78 is 0. The summed E-state index contributed by atoms with van der Waals surface area (Å²) in [5, 5.41) is 2.92. The molecular weight excluding hydrogens is 216 g/mol. The smallest absolute Gasteiger partial charge is 0.221 e. The van der Waals surface area contributed by atoms with E-state index in [0.29, 0.717) is 16.3 Å². The van der Waals surface area contributed by atoms with E-state index in [1.165, 1.54) is 13.0 Å². The van der Waals surface area contributed by atoms with Crippen molar-refractivity contribution in [1.82, 2.24) is 0 Å². The molecule has 0 bridgehead atoms. The van der Waals surface area contributed by atoms with Crippen LogP contribution in [-0.4, -0.2) is 18.2 Å². The Hall–Kier alpha value is -1.39. The maximum atomic E-state index is 11.3. The number of halogens is 1. The molecule has 0 aliphatic rings. The quantitative estimate of drug-likeness (QED) is 0.766. The van der Waals surface area contributed by atoms with Gasteiger partial charge in [-0.1, -0.05) is 11.6 Å². The van der Waals surface area contributed by atoms with Crippen molar-refractivity contribution in [3.63, 3.8) is 0 Å². The number of benzene rings is 1. The number of nitrogens with two attached hydrogens (primary N) is 1. The zero-order chi connectivity index (χ0) is 11.4. The van der Waals surface area contributed by atoms with Crippen molar-refractivity contribution in [1.29, 1.82) is 0 Å². The van der Waals surface area contributed by atoms with Crippen LogP contribution in [0.25, 0.3) is 0 Å². The first kappa shape index (κ1) is 11.7. The van der Waals surface area contributed by atoms with Gasteiger partial charge in [0.15, 0.2) is 5.78 Å². The number of ketones is 1. The molecule has 0 fully saturated rings. The van der Waals surface area contributed by atoms with Crippen LogP contribution in [0.4, 0.5) is 5.69 Å². The largest absolute Gasteiger partial charge is 0.325 e. The van der Waals surface area contributed by atoms with Gasteiger partial charge in [-0.25, -0.2) is 0 Å². The van der Waals surface area contributed by atoms with Crippen LogP contribution < -0.4 is 11.1 Å². The Morgan fingerprint density at radius 2 is 2.13 bits per heavy atom. The number of anilines is 1. The third-order valence-electron chi connectivity index (χ3n) is 1.78. The first-order valence-corrected chi connectivity index (χ1v) is 4.73. The first-order valence-electron chi connectivity index (χ1n) is 4.35. The second kappa shape index (κ2) is 4.91. The monoisotopic (exact) mass is 226 g/mol. The van der Waals surface area contributed by atoms with Gasteiger partial charge in [0, 0.05) is 12.5 Å². The van der Waals surface area contributed by atoms with Gasteiger partial charge < -0.3 is 11.1 Å². The van der Waals surface area contributed by atoms with Crippen molar-refractivity contribution in [2.24, 2.45) is 5.73 Å². The molecule has 1 rings (SSSR count). The Kier molecular flexibility index (Phi) is 3.82. The van der Waals surface area contributed by atoms with E-state index in [2.05, 4.69) is 5.32 Å². The van der Waals surface area contributed by atoms with Crippen LogP contribution in [0.2, 0.25) is 5.02 Å². The molecule has 0 aliphatic carbocycles. The predicted molar refractivity (Wildman–Crippen MR) is 59.1 cm³/mol. The van der Waals surface area contributed by atoms with E-state index in [0.717, 1.165) is 0 Å². The molecule has 1 aromatic rings. The molecular formula is C10H11ClN2O2. The molecule has 0 unspecified atom stereocenters. The Morgan fingerprint density at radius 3 is 2.67 bits per heavy atom. The molecule has 0 spiro atoms. The number of hydrogen-bond acceptors (Lipinski definition) is 3. The van der Waals surface area contributed by atoms with Crippen molar-refractivity contribution in [2.45, 2.75) is 6.92 Å². The topological polar surface area (TPSA) is 72.2 Å². The first-order chi connectivity index (χ1) is 7.04. The lowest BCUT2D eigenvalue weighted by molar-refractivity contribution is -0.114. The number of hydrogen-bond donors (Lipinski definition) is 2. The van der Waals surface area contributed by atoms with E-state index in [1.807, 2.05) is 0 Å². The van der Waals surface area contributed by atoms with Gasteiger partial charge in [-0.05, 0) is 18.2 Å². The van der Waals surface area contributed by atoms with Gasteiger partial charge in [0.25, 0.3) is 0 Å². The molecule has 4 nitrogen and oxygen atoms in total. The number of carbonyl (C=O) groups excluding carboxylic acids is 2. The highest BCUT2D eigenvalue weighted by Gasteiger charge is 2.08. The van der Waals surface area contributed by atoms with Gasteiger partial charge in [0.05, 0.1) is 17.3 Å². The van der Waals surface area contributed by atoms with Gasteiger partial charge in [-0.3, -0.25) is 9.59 Å². The lowest BCUT2D eigenvalue weighted by atomic mass is 10.1. The molecule has 5 heteroatoms. The van der Waals surface area contributed by atoms with Crippen LogP contribution in [0, 0.1) is 0 Å². The molecule has 0 radical (unpaired) electrons. The summed E-state index contributed by atoms with van der Waals surface area (Å²) in [6.45, 7) is 1.30. The van der Waals surface area contributed by atoms with Crippen molar-refractivity contribution in [3.05, 3.63) is 28.8 Å². The molecule has 80 valence electrons. The number of amides is 1. The van der Waals surface area contributed by atoms with Gasteiger partial charge in [-0.15, -0.1) is 0 Å². The van der Waals surface area contributed by atoms with Crippen LogP contribution in [0.1, 0.15) is 17.3 Å². The molecule has 15 heavy (non-hydrogen) atoms. The van der Waals surface area contributed by atoms with E-state index in [1.54, 1.807) is 12.1 Å². The minimum Gasteiger partial charge on any atom is -0.325 e. The Morgan fingerprint density at radius 1 is 1.47 bits per heavy atom. The van der Waals surface area contributed by atoms with Gasteiger partial charge in [-0.2, -0.15) is 0 Å². The molecule has 1 amide bonds. The van der Waals surface area contributed by atoms with Gasteiger partial charge in [0.2, 0.25) is 5.91 Å². The number of rotatable bonds is 3. The van der Waals surface area contributed by atoms with E-state index in [-0.39, 0.29) is 18.2 Å². The highest BCUT2D eigenvalue weighted by Crippen LogP contribution is 2.23. The Bertz CT molecular complexity index is 404. The molecule has 0 saturated heterocycles. The van der Waals surface area contributed by atoms with E-state index < -0.39 is 0 Å². The van der Waals surface area contributed by atoms with E-state index in [4.69, 9.17) is 17.3 Å². The summed E-state index contributed by atoms with van der Waals surface area (Å²) >= 11 is 5.83. The van der Waals surface area contributed by atoms with E-state index >= 15 is 0 Å². The molecule has 1 aromatic carbocycles. The predicted octanol–water partition coefficient (Wildman–Crippen LogP) is 1.44. The van der Waals surface area contributed by atoms with Crippen LogP contribution in [-0.2, 0) is 4.79 Å². The second-order valence-corrected chi connectivity index (χ2v) is 3.41. The van der Waals surface area contributed by atoms with Crippen LogP contribution in [0.15, 0.2) is 18.2 Å². The summed E-state index contributed by atoms with van der Waals surface area (Å²) in [4.78, 5) is 22.1. The molecule has 0 aliphatic heterocycles. The van der Waals surface area contributed by atoms with Crippen molar-refractivity contribution >= 4 is 29.0 Å². The average Bonchev–Trinajstić information content (AvgIpc) is 2.19. The zero-order valence-electron chi connectivity index (χ0n) is 8.21. The molecule has 0 atom stereocenters. The summed E-state index contributed by atoms with van der Waals surface area (Å²) in [7, 11) is 0. The SMILES string of the molecule is CC(=O)Nc1cc(C(=O)CN)ccc1Cl. The van der Waals surface area contributed by atoms with Crippen LogP contribution in [0.3, 0.4) is 0 Å². The van der Waals surface area contributed by atoms with Gasteiger partial charge >= 0.3 is 0 Å². The fraction of sp³-hybridized carbons (Fsp3) is 0.200. The standard InChI is InChI=1S/C10H11ClN2O2/c1-6(14)13-9-4-7(10(15)5-12)2-3-8(9)11/h2-4H,5,12H2,1H3,(H,13,14). The highest BCUT2D eigenvalue weighted by atomic mass is 35.5. The third-order valence-corrected chi connectivity index (χ3v) is 2.11. The van der Waals surface area contributed by atoms with Crippen molar-refractivity contribution in [2.75, 3.05) is 11.9 Å². The van der Waals surface area contributed by atoms with Crippen molar-refractivity contribution in [3.8, 4) is 0 Å². The van der Waals surface area contributed by atoms with Crippen LogP contribution >= 0.6 is 11.6 Å². The zero-order valence-corrected chi connectivity index (χ0v) is 8.97. The fourth-order valence-corrected chi connectivity index (χ4v) is 1.27. The maximum Gasteiger partial charge on any atom is 0.221 e. The summed E-state index contributed by atoms with van der Waals surface area (Å²) in [6.07, 6.45) is 0. The Labute approximate surface area is 92.4 Å². The lowest BCUT2D eigenvalue weighted by Crippen LogP contribution is -2.14. The van der Waals surface area contributed by atoms with Crippen LogP contribution in [0.5, 0.6) is 0 Å². The minimum absolute atomic E-state index is 0.0683. The molecule has 0 saturated carbocycles. The summed E-state index contributed by atoms with van der Waals surface area (Å²) in [5.74, 6) is -0.437. The number of Topliss-reactive ketones (excluding diaryl/α,β-unsaturated/α-hetero) is 1. The summed E-state index contributed by atoms with van der Waals surface area (Å²) in [5.41, 5.74) is 6.08. The lowest BCUT2D eigenvalue weighted by Gasteiger charge is -2.06. The molecule has 0 heterocycles. The second-order valence-electron chi connectivity index (χ2n) is 3.00.